The number of aryl methyl sites for hydroxylation is 1. The number of nitrogens with one attached hydrogen (secondary N) is 1. The van der Waals surface area contributed by atoms with Crippen LogP contribution in [0.2, 0.25) is 5.02 Å². The third-order valence-corrected chi connectivity index (χ3v) is 5.79. The first kappa shape index (κ1) is 16.3. The molecule has 0 amide bonds. The van der Waals surface area contributed by atoms with Gasteiger partial charge in [-0.2, -0.15) is 0 Å². The number of benzene rings is 1. The standard InChI is InChI=1S/C18H13ClN4O3S/c1-9-15(19)14-17(20-7-10-2-3-11-13(6-10)25-8-24-11)22-16(23-18(14)27-9)12-4-5-21-26-12/h2-6H,7-8H2,1H3,(H,20,22,23). The second-order valence-electron chi connectivity index (χ2n) is 5.97. The summed E-state index contributed by atoms with van der Waals surface area (Å²) < 4.78 is 16.0. The number of ether oxygens (including phenoxy) is 2. The van der Waals surface area contributed by atoms with Crippen molar-refractivity contribution in [3.05, 3.63) is 45.9 Å². The molecule has 0 unspecified atom stereocenters. The van der Waals surface area contributed by atoms with Crippen molar-refractivity contribution in [3.8, 4) is 23.1 Å². The van der Waals surface area contributed by atoms with Gasteiger partial charge in [-0.25, -0.2) is 9.97 Å². The van der Waals surface area contributed by atoms with Gasteiger partial charge in [0.1, 0.15) is 10.6 Å². The van der Waals surface area contributed by atoms with E-state index in [0.29, 0.717) is 29.0 Å². The minimum atomic E-state index is 0.253. The number of rotatable bonds is 4. The van der Waals surface area contributed by atoms with E-state index in [9.17, 15) is 0 Å². The minimum absolute atomic E-state index is 0.253. The van der Waals surface area contributed by atoms with Crippen LogP contribution in [0, 0.1) is 6.92 Å². The zero-order valence-electron chi connectivity index (χ0n) is 14.2. The van der Waals surface area contributed by atoms with E-state index in [-0.39, 0.29) is 6.79 Å². The molecule has 27 heavy (non-hydrogen) atoms. The minimum Gasteiger partial charge on any atom is -0.454 e. The van der Waals surface area contributed by atoms with Crippen LogP contribution in [-0.2, 0) is 6.54 Å². The lowest BCUT2D eigenvalue weighted by Crippen LogP contribution is -2.03. The van der Waals surface area contributed by atoms with Crippen LogP contribution in [0.5, 0.6) is 11.5 Å². The third-order valence-electron chi connectivity index (χ3n) is 4.21. The van der Waals surface area contributed by atoms with E-state index in [2.05, 4.69) is 20.4 Å². The predicted octanol–water partition coefficient (Wildman–Crippen LogP) is 4.65. The molecule has 3 aromatic heterocycles. The van der Waals surface area contributed by atoms with Crippen molar-refractivity contribution in [2.24, 2.45) is 0 Å². The van der Waals surface area contributed by atoms with Crippen molar-refractivity contribution in [3.63, 3.8) is 0 Å². The fourth-order valence-electron chi connectivity index (χ4n) is 2.88. The maximum atomic E-state index is 6.50. The molecular formula is C18H13ClN4O3S. The number of aromatic nitrogens is 3. The molecule has 0 aliphatic carbocycles. The van der Waals surface area contributed by atoms with Gasteiger partial charge in [-0.1, -0.05) is 22.8 Å². The molecule has 4 heterocycles. The Hall–Kier alpha value is -2.84. The molecule has 0 radical (unpaired) electrons. The summed E-state index contributed by atoms with van der Waals surface area (Å²) in [6.07, 6.45) is 1.56. The lowest BCUT2D eigenvalue weighted by molar-refractivity contribution is 0.174. The molecule has 0 fully saturated rings. The Kier molecular flexibility index (Phi) is 3.87. The van der Waals surface area contributed by atoms with Crippen molar-refractivity contribution >= 4 is 39.0 Å². The Morgan fingerprint density at radius 1 is 1.19 bits per heavy atom. The van der Waals surface area contributed by atoms with Crippen molar-refractivity contribution < 1.29 is 14.0 Å². The van der Waals surface area contributed by atoms with Gasteiger partial charge in [0.25, 0.3) is 0 Å². The Balaban J connectivity index is 1.53. The molecule has 9 heteroatoms. The van der Waals surface area contributed by atoms with Gasteiger partial charge < -0.3 is 19.3 Å². The van der Waals surface area contributed by atoms with E-state index in [1.807, 2.05) is 25.1 Å². The Labute approximate surface area is 162 Å². The fraction of sp³-hybridized carbons (Fsp3) is 0.167. The summed E-state index contributed by atoms with van der Waals surface area (Å²) >= 11 is 8.02. The number of nitrogens with zero attached hydrogens (tertiary/aromatic N) is 3. The largest absolute Gasteiger partial charge is 0.454 e. The van der Waals surface area contributed by atoms with Crippen LogP contribution in [0.1, 0.15) is 10.4 Å². The number of thiophene rings is 1. The van der Waals surface area contributed by atoms with Crippen LogP contribution in [0.3, 0.4) is 0 Å². The molecule has 1 aliphatic heterocycles. The second kappa shape index (κ2) is 6.40. The normalized spacial score (nSPS) is 12.7. The summed E-state index contributed by atoms with van der Waals surface area (Å²) in [7, 11) is 0. The lowest BCUT2D eigenvalue weighted by atomic mass is 10.2. The fourth-order valence-corrected chi connectivity index (χ4v) is 4.15. The summed E-state index contributed by atoms with van der Waals surface area (Å²) in [5.41, 5.74) is 1.04. The zero-order chi connectivity index (χ0) is 18.4. The molecule has 0 bridgehead atoms. The van der Waals surface area contributed by atoms with Gasteiger partial charge in [-0.15, -0.1) is 11.3 Å². The highest BCUT2D eigenvalue weighted by Crippen LogP contribution is 2.39. The predicted molar refractivity (Wildman–Crippen MR) is 103 cm³/mol. The first-order valence-corrected chi connectivity index (χ1v) is 9.38. The SMILES string of the molecule is Cc1sc2nc(-c3ccno3)nc(NCc3ccc4c(c3)OCO4)c2c1Cl. The average molecular weight is 401 g/mol. The lowest BCUT2D eigenvalue weighted by Gasteiger charge is -2.09. The van der Waals surface area contributed by atoms with Gasteiger partial charge in [-0.05, 0) is 24.6 Å². The van der Waals surface area contributed by atoms with E-state index in [1.165, 1.54) is 11.3 Å². The van der Waals surface area contributed by atoms with Crippen molar-refractivity contribution in [1.82, 2.24) is 15.1 Å². The summed E-state index contributed by atoms with van der Waals surface area (Å²) in [5.74, 6) is 3.12. The van der Waals surface area contributed by atoms with Gasteiger partial charge in [-0.3, -0.25) is 0 Å². The second-order valence-corrected chi connectivity index (χ2v) is 7.55. The zero-order valence-corrected chi connectivity index (χ0v) is 15.7. The van der Waals surface area contributed by atoms with Crippen LogP contribution in [0.15, 0.2) is 35.0 Å². The number of halogens is 1. The molecule has 0 atom stereocenters. The molecule has 136 valence electrons. The van der Waals surface area contributed by atoms with Crippen molar-refractivity contribution in [1.29, 1.82) is 0 Å². The van der Waals surface area contributed by atoms with E-state index >= 15 is 0 Å². The Morgan fingerprint density at radius 2 is 2.07 bits per heavy atom. The van der Waals surface area contributed by atoms with Crippen LogP contribution < -0.4 is 14.8 Å². The number of fused-ring (bicyclic) bond motifs is 2. The molecule has 1 N–H and O–H groups in total. The smallest absolute Gasteiger partial charge is 0.231 e. The average Bonchev–Trinajstić information content (AvgIpc) is 3.40. The van der Waals surface area contributed by atoms with E-state index in [0.717, 1.165) is 32.2 Å². The Morgan fingerprint density at radius 3 is 2.93 bits per heavy atom. The molecule has 0 spiro atoms. The van der Waals surface area contributed by atoms with Gasteiger partial charge in [0.15, 0.2) is 11.5 Å². The molecule has 4 aromatic rings. The molecule has 5 rings (SSSR count). The Bertz CT molecular complexity index is 1140. The molecule has 1 aliphatic rings. The summed E-state index contributed by atoms with van der Waals surface area (Å²) in [6.45, 7) is 2.76. The van der Waals surface area contributed by atoms with Crippen LogP contribution in [0.4, 0.5) is 5.82 Å². The van der Waals surface area contributed by atoms with Crippen LogP contribution in [-0.4, -0.2) is 21.9 Å². The van der Waals surface area contributed by atoms with Gasteiger partial charge >= 0.3 is 0 Å². The highest BCUT2D eigenvalue weighted by molar-refractivity contribution is 7.19. The van der Waals surface area contributed by atoms with E-state index < -0.39 is 0 Å². The quantitative estimate of drug-likeness (QED) is 0.533. The van der Waals surface area contributed by atoms with Crippen molar-refractivity contribution in [2.45, 2.75) is 13.5 Å². The van der Waals surface area contributed by atoms with Crippen molar-refractivity contribution in [2.75, 3.05) is 12.1 Å². The van der Waals surface area contributed by atoms with Gasteiger partial charge in [0.05, 0.1) is 16.6 Å². The highest BCUT2D eigenvalue weighted by Gasteiger charge is 2.19. The summed E-state index contributed by atoms with van der Waals surface area (Å²) in [6, 6.07) is 7.56. The molecule has 0 saturated heterocycles. The van der Waals surface area contributed by atoms with Crippen LogP contribution in [0.25, 0.3) is 21.8 Å². The molecule has 1 aromatic carbocycles. The van der Waals surface area contributed by atoms with E-state index in [1.54, 1.807) is 12.3 Å². The third kappa shape index (κ3) is 2.87. The first-order valence-electron chi connectivity index (χ1n) is 8.19. The monoisotopic (exact) mass is 400 g/mol. The summed E-state index contributed by atoms with van der Waals surface area (Å²) in [5, 5.41) is 8.57. The first-order chi connectivity index (χ1) is 13.2. The highest BCUT2D eigenvalue weighted by atomic mass is 35.5. The number of hydrogen-bond donors (Lipinski definition) is 1. The maximum absolute atomic E-state index is 6.50. The molecular weight excluding hydrogens is 388 g/mol. The maximum Gasteiger partial charge on any atom is 0.231 e. The number of hydrogen-bond acceptors (Lipinski definition) is 8. The molecule has 7 nitrogen and oxygen atoms in total. The van der Waals surface area contributed by atoms with Crippen LogP contribution >= 0.6 is 22.9 Å². The summed E-state index contributed by atoms with van der Waals surface area (Å²) in [4.78, 5) is 11.0. The topological polar surface area (TPSA) is 82.3 Å². The number of anilines is 1. The van der Waals surface area contributed by atoms with E-state index in [4.69, 9.17) is 25.6 Å². The molecule has 0 saturated carbocycles. The van der Waals surface area contributed by atoms with Gasteiger partial charge in [0.2, 0.25) is 18.4 Å². The van der Waals surface area contributed by atoms with Gasteiger partial charge in [0, 0.05) is 17.5 Å².